The number of aromatic nitrogens is 4. The number of nitrogens with one attached hydrogen (secondary N) is 2. The lowest BCUT2D eigenvalue weighted by atomic mass is 10.2. The van der Waals surface area contributed by atoms with Crippen molar-refractivity contribution in [2.75, 3.05) is 5.75 Å². The van der Waals surface area contributed by atoms with E-state index in [9.17, 15) is 14.0 Å². The summed E-state index contributed by atoms with van der Waals surface area (Å²) in [6.07, 6.45) is 1.36. The molecule has 0 saturated carbocycles. The van der Waals surface area contributed by atoms with Gasteiger partial charge in [0.1, 0.15) is 11.2 Å². The molecule has 2 N–H and O–H groups in total. The van der Waals surface area contributed by atoms with Crippen LogP contribution in [0.3, 0.4) is 0 Å². The number of aromatic amines is 1. The van der Waals surface area contributed by atoms with Crippen LogP contribution in [0.15, 0.2) is 58.6 Å². The molecular formula is C20H14Cl2FN5O2S. The predicted octanol–water partition coefficient (Wildman–Crippen LogP) is 3.96. The molecule has 0 radical (unpaired) electrons. The summed E-state index contributed by atoms with van der Waals surface area (Å²) in [5.74, 6) is -0.887. The topological polar surface area (TPSA) is 92.7 Å². The highest BCUT2D eigenvalue weighted by atomic mass is 35.5. The molecule has 4 aromatic rings. The molecule has 2 aromatic carbocycles. The van der Waals surface area contributed by atoms with Gasteiger partial charge in [0.2, 0.25) is 5.91 Å². The first kappa shape index (κ1) is 21.4. The van der Waals surface area contributed by atoms with Crippen molar-refractivity contribution in [2.24, 2.45) is 0 Å². The van der Waals surface area contributed by atoms with Crippen molar-refractivity contribution >= 4 is 51.9 Å². The van der Waals surface area contributed by atoms with Crippen molar-refractivity contribution in [3.63, 3.8) is 0 Å². The number of benzene rings is 2. The van der Waals surface area contributed by atoms with Gasteiger partial charge in [-0.1, -0.05) is 53.2 Å². The van der Waals surface area contributed by atoms with E-state index >= 15 is 0 Å². The third-order valence-electron chi connectivity index (χ3n) is 4.38. The highest BCUT2D eigenvalue weighted by Gasteiger charge is 2.17. The average molecular weight is 478 g/mol. The van der Waals surface area contributed by atoms with Crippen LogP contribution in [0.25, 0.3) is 16.7 Å². The summed E-state index contributed by atoms with van der Waals surface area (Å²) in [5.41, 5.74) is 0.984. The smallest absolute Gasteiger partial charge is 0.269 e. The molecule has 0 aliphatic rings. The SMILES string of the molecule is O=C(CSc1nc2[nH]ncc2c(=O)n1-c1ccc(F)c(Cl)c1)NCc1ccccc1Cl. The van der Waals surface area contributed by atoms with Crippen LogP contribution in [0, 0.1) is 5.82 Å². The van der Waals surface area contributed by atoms with E-state index in [4.69, 9.17) is 23.2 Å². The Morgan fingerprint density at radius 2 is 2.00 bits per heavy atom. The molecule has 7 nitrogen and oxygen atoms in total. The van der Waals surface area contributed by atoms with E-state index in [1.807, 2.05) is 18.2 Å². The molecule has 11 heteroatoms. The van der Waals surface area contributed by atoms with Gasteiger partial charge in [0, 0.05) is 11.6 Å². The van der Waals surface area contributed by atoms with Crippen molar-refractivity contribution in [3.05, 3.63) is 80.4 Å². The Bertz CT molecular complexity index is 1340. The summed E-state index contributed by atoms with van der Waals surface area (Å²) in [6.45, 7) is 0.270. The van der Waals surface area contributed by atoms with Crippen molar-refractivity contribution in [2.45, 2.75) is 11.7 Å². The van der Waals surface area contributed by atoms with Gasteiger partial charge in [-0.3, -0.25) is 19.3 Å². The number of H-pyrrole nitrogens is 1. The summed E-state index contributed by atoms with van der Waals surface area (Å²) in [7, 11) is 0. The molecule has 2 heterocycles. The Morgan fingerprint density at radius 1 is 1.19 bits per heavy atom. The van der Waals surface area contributed by atoms with E-state index in [0.29, 0.717) is 10.7 Å². The molecule has 1 amide bonds. The quantitative estimate of drug-likeness (QED) is 0.323. The minimum atomic E-state index is -0.607. The first-order valence-electron chi connectivity index (χ1n) is 8.98. The molecule has 158 valence electrons. The van der Waals surface area contributed by atoms with Crippen molar-refractivity contribution in [1.29, 1.82) is 0 Å². The van der Waals surface area contributed by atoms with E-state index in [1.165, 1.54) is 22.9 Å². The lowest BCUT2D eigenvalue weighted by molar-refractivity contribution is -0.118. The molecule has 0 unspecified atom stereocenters. The molecule has 0 saturated heterocycles. The molecule has 0 spiro atoms. The minimum absolute atomic E-state index is 0.00847. The van der Waals surface area contributed by atoms with Crippen LogP contribution in [0.1, 0.15) is 5.56 Å². The zero-order valence-electron chi connectivity index (χ0n) is 15.7. The van der Waals surface area contributed by atoms with E-state index < -0.39 is 11.4 Å². The Kier molecular flexibility index (Phi) is 6.26. The van der Waals surface area contributed by atoms with E-state index in [-0.39, 0.29) is 39.4 Å². The molecule has 0 bridgehead atoms. The highest BCUT2D eigenvalue weighted by molar-refractivity contribution is 7.99. The maximum absolute atomic E-state index is 13.6. The number of rotatable bonds is 6. The van der Waals surface area contributed by atoms with Gasteiger partial charge >= 0.3 is 0 Å². The Balaban J connectivity index is 1.59. The fraction of sp³-hybridized carbons (Fsp3) is 0.100. The molecule has 4 rings (SSSR count). The van der Waals surface area contributed by atoms with Crippen LogP contribution in [0.2, 0.25) is 10.0 Å². The zero-order chi connectivity index (χ0) is 22.0. The molecule has 31 heavy (non-hydrogen) atoms. The van der Waals surface area contributed by atoms with Gasteiger partial charge in [-0.25, -0.2) is 9.37 Å². The van der Waals surface area contributed by atoms with Crippen LogP contribution in [0.4, 0.5) is 4.39 Å². The van der Waals surface area contributed by atoms with Gasteiger partial charge in [-0.05, 0) is 29.8 Å². The van der Waals surface area contributed by atoms with Gasteiger partial charge in [0.25, 0.3) is 5.56 Å². The number of amides is 1. The summed E-state index contributed by atoms with van der Waals surface area (Å²) >= 11 is 13.1. The second-order valence-corrected chi connectivity index (χ2v) is 8.18. The standard InChI is InChI=1S/C20H14Cl2FN5O2S/c21-14-4-2-1-3-11(14)8-24-17(29)10-31-20-26-18-13(9-25-27-18)19(30)28(20)12-5-6-16(23)15(22)7-12/h1-7,9H,8,10H2,(H,24,29)(H,25,27). The first-order valence-corrected chi connectivity index (χ1v) is 10.7. The van der Waals surface area contributed by atoms with Gasteiger partial charge in [-0.15, -0.1) is 0 Å². The second kappa shape index (κ2) is 9.09. The average Bonchev–Trinajstić information content (AvgIpc) is 3.23. The number of thioether (sulfide) groups is 1. The first-order chi connectivity index (χ1) is 14.9. The van der Waals surface area contributed by atoms with E-state index in [1.54, 1.807) is 6.07 Å². The molecule has 0 aliphatic carbocycles. The van der Waals surface area contributed by atoms with Crippen molar-refractivity contribution in [1.82, 2.24) is 25.1 Å². The molecule has 0 atom stereocenters. The maximum Gasteiger partial charge on any atom is 0.269 e. The fourth-order valence-electron chi connectivity index (χ4n) is 2.84. The molecular weight excluding hydrogens is 464 g/mol. The summed E-state index contributed by atoms with van der Waals surface area (Å²) in [5, 5.41) is 10.2. The van der Waals surface area contributed by atoms with Gasteiger partial charge < -0.3 is 5.32 Å². The molecule has 2 aromatic heterocycles. The monoisotopic (exact) mass is 477 g/mol. The Morgan fingerprint density at radius 3 is 2.77 bits per heavy atom. The maximum atomic E-state index is 13.6. The predicted molar refractivity (Wildman–Crippen MR) is 118 cm³/mol. The number of halogens is 3. The number of nitrogens with zero attached hydrogens (tertiary/aromatic N) is 3. The number of hydrogen-bond acceptors (Lipinski definition) is 5. The Labute approximate surface area is 189 Å². The van der Waals surface area contributed by atoms with Crippen LogP contribution >= 0.6 is 35.0 Å². The number of fused-ring (bicyclic) bond motifs is 1. The summed E-state index contributed by atoms with van der Waals surface area (Å²) in [4.78, 5) is 29.8. The van der Waals surface area contributed by atoms with Gasteiger partial charge in [-0.2, -0.15) is 5.10 Å². The zero-order valence-corrected chi connectivity index (χ0v) is 18.1. The van der Waals surface area contributed by atoms with E-state index in [2.05, 4.69) is 20.5 Å². The number of carbonyl (C=O) groups excluding carboxylic acids is 1. The Hall–Kier alpha value is -2.88. The largest absolute Gasteiger partial charge is 0.351 e. The third-order valence-corrected chi connectivity index (χ3v) is 5.98. The lowest BCUT2D eigenvalue weighted by Crippen LogP contribution is -2.26. The number of carbonyl (C=O) groups is 1. The van der Waals surface area contributed by atoms with Crippen LogP contribution in [-0.4, -0.2) is 31.4 Å². The van der Waals surface area contributed by atoms with Crippen LogP contribution in [0.5, 0.6) is 0 Å². The third kappa shape index (κ3) is 4.58. The minimum Gasteiger partial charge on any atom is -0.351 e. The van der Waals surface area contributed by atoms with Crippen LogP contribution < -0.4 is 10.9 Å². The second-order valence-electron chi connectivity index (χ2n) is 6.42. The lowest BCUT2D eigenvalue weighted by Gasteiger charge is -2.12. The van der Waals surface area contributed by atoms with E-state index in [0.717, 1.165) is 23.4 Å². The van der Waals surface area contributed by atoms with Crippen molar-refractivity contribution < 1.29 is 9.18 Å². The van der Waals surface area contributed by atoms with Crippen molar-refractivity contribution in [3.8, 4) is 5.69 Å². The summed E-state index contributed by atoms with van der Waals surface area (Å²) < 4.78 is 14.9. The van der Waals surface area contributed by atoms with Gasteiger partial charge in [0.15, 0.2) is 10.8 Å². The molecule has 0 fully saturated rings. The summed E-state index contributed by atoms with van der Waals surface area (Å²) in [6, 6.07) is 11.1. The van der Waals surface area contributed by atoms with Gasteiger partial charge in [0.05, 0.1) is 22.7 Å². The normalized spacial score (nSPS) is 11.1. The number of hydrogen-bond donors (Lipinski definition) is 2. The fourth-order valence-corrected chi connectivity index (χ4v) is 4.05. The van der Waals surface area contributed by atoms with Crippen LogP contribution in [-0.2, 0) is 11.3 Å². The molecule has 0 aliphatic heterocycles. The highest BCUT2D eigenvalue weighted by Crippen LogP contribution is 2.24.